The first kappa shape index (κ1) is 29.0. The lowest BCUT2D eigenvalue weighted by Gasteiger charge is -2.28. The Labute approximate surface area is 222 Å². The smallest absolute Gasteiger partial charge is 0.343 e. The lowest BCUT2D eigenvalue weighted by atomic mass is 9.78. The van der Waals surface area contributed by atoms with E-state index >= 15 is 0 Å². The first-order valence-electron chi connectivity index (χ1n) is 14.5. The van der Waals surface area contributed by atoms with Gasteiger partial charge in [-0.15, -0.1) is 0 Å². The number of hydrogen-bond acceptors (Lipinski definition) is 4. The average Bonchev–Trinajstić information content (AvgIpc) is 2.92. The molecule has 3 rings (SSSR count). The fraction of sp³-hybridized carbons (Fsp3) is 0.594. The summed E-state index contributed by atoms with van der Waals surface area (Å²) in [5.41, 5.74) is 0.141. The molecule has 0 aliphatic heterocycles. The van der Waals surface area contributed by atoms with Gasteiger partial charge in [0.2, 0.25) is 0 Å². The van der Waals surface area contributed by atoms with Gasteiger partial charge in [0.25, 0.3) is 0 Å². The molecule has 1 saturated carbocycles. The van der Waals surface area contributed by atoms with Crippen LogP contribution < -0.4 is 14.2 Å². The normalized spacial score (nSPS) is 17.4. The molecule has 0 heterocycles. The Kier molecular flexibility index (Phi) is 12.8. The van der Waals surface area contributed by atoms with Gasteiger partial charge in [0.05, 0.1) is 18.8 Å². The molecule has 5 heteroatoms. The van der Waals surface area contributed by atoms with Crippen molar-refractivity contribution < 1.29 is 23.4 Å². The fourth-order valence-electron chi connectivity index (χ4n) is 5.13. The minimum Gasteiger partial charge on any atom is -0.494 e. The molecule has 0 amide bonds. The number of ether oxygens (including phenoxy) is 3. The van der Waals surface area contributed by atoms with Crippen molar-refractivity contribution in [3.05, 3.63) is 53.8 Å². The molecule has 2 aromatic rings. The third-order valence-electron chi connectivity index (χ3n) is 7.37. The molecule has 1 fully saturated rings. The summed E-state index contributed by atoms with van der Waals surface area (Å²) in [6.07, 6.45) is 17.0. The topological polar surface area (TPSA) is 44.8 Å². The van der Waals surface area contributed by atoms with Crippen LogP contribution in [0, 0.1) is 17.7 Å². The van der Waals surface area contributed by atoms with E-state index in [2.05, 4.69) is 6.92 Å². The molecular formula is C32H45FO4. The molecule has 2 aromatic carbocycles. The Morgan fingerprint density at radius 3 is 2.05 bits per heavy atom. The first-order chi connectivity index (χ1) is 18.1. The number of carbonyl (C=O) groups is 1. The van der Waals surface area contributed by atoms with Crippen LogP contribution in [-0.2, 0) is 0 Å². The van der Waals surface area contributed by atoms with Crippen molar-refractivity contribution in [2.75, 3.05) is 13.2 Å². The molecule has 0 aromatic heterocycles. The van der Waals surface area contributed by atoms with Crippen LogP contribution >= 0.6 is 0 Å². The van der Waals surface area contributed by atoms with Crippen LogP contribution in [0.2, 0.25) is 0 Å². The highest BCUT2D eigenvalue weighted by Gasteiger charge is 2.20. The molecular weight excluding hydrogens is 467 g/mol. The van der Waals surface area contributed by atoms with Gasteiger partial charge in [-0.2, -0.15) is 0 Å². The highest BCUT2D eigenvalue weighted by Crippen LogP contribution is 2.34. The quantitative estimate of drug-likeness (QED) is 0.128. The van der Waals surface area contributed by atoms with Crippen LogP contribution in [0.5, 0.6) is 17.2 Å². The summed E-state index contributed by atoms with van der Waals surface area (Å²) in [6, 6.07) is 11.1. The molecule has 37 heavy (non-hydrogen) atoms. The van der Waals surface area contributed by atoms with Gasteiger partial charge in [0.1, 0.15) is 11.5 Å². The molecule has 0 N–H and O–H groups in total. The Morgan fingerprint density at radius 1 is 0.757 bits per heavy atom. The van der Waals surface area contributed by atoms with Crippen LogP contribution in [0.1, 0.15) is 108 Å². The molecule has 1 aliphatic rings. The summed E-state index contributed by atoms with van der Waals surface area (Å²) < 4.78 is 30.7. The number of esters is 1. The standard InChI is InChI=1S/C32H45FO4/c1-3-5-6-7-8-10-25-12-14-26(15-13-25)11-9-23-35-28-17-19-29(20-18-28)37-32(34)27-16-21-31(30(33)24-27)36-22-4-2/h16-21,24-26H,3-15,22-23H2,1-2H3/t25-,26-. The Balaban J connectivity index is 1.30. The molecule has 0 spiro atoms. The highest BCUT2D eigenvalue weighted by atomic mass is 19.1. The van der Waals surface area contributed by atoms with Gasteiger partial charge in [-0.25, -0.2) is 9.18 Å². The average molecular weight is 513 g/mol. The molecule has 1 aliphatic carbocycles. The zero-order valence-electron chi connectivity index (χ0n) is 22.8. The van der Waals surface area contributed by atoms with E-state index in [0.29, 0.717) is 19.0 Å². The zero-order chi connectivity index (χ0) is 26.3. The SMILES string of the molecule is CCCCCCC[C@H]1CC[C@H](CCCOc2ccc(OC(=O)c3ccc(OCCC)c(F)c3)cc2)CC1. The van der Waals surface area contributed by atoms with Gasteiger partial charge < -0.3 is 14.2 Å². The third-order valence-corrected chi connectivity index (χ3v) is 7.37. The first-order valence-corrected chi connectivity index (χ1v) is 14.5. The molecule has 0 atom stereocenters. The molecule has 0 unspecified atom stereocenters. The van der Waals surface area contributed by atoms with E-state index in [1.807, 2.05) is 6.92 Å². The van der Waals surface area contributed by atoms with Gasteiger partial charge in [-0.1, -0.05) is 78.1 Å². The summed E-state index contributed by atoms with van der Waals surface area (Å²) in [6.45, 7) is 5.35. The Bertz CT molecular complexity index is 919. The maximum Gasteiger partial charge on any atom is 0.343 e. The van der Waals surface area contributed by atoms with Crippen molar-refractivity contribution in [1.29, 1.82) is 0 Å². The number of halogens is 1. The van der Waals surface area contributed by atoms with Crippen molar-refractivity contribution in [3.8, 4) is 17.2 Å². The van der Waals surface area contributed by atoms with Gasteiger partial charge in [0, 0.05) is 0 Å². The highest BCUT2D eigenvalue weighted by molar-refractivity contribution is 5.91. The van der Waals surface area contributed by atoms with Crippen LogP contribution in [0.3, 0.4) is 0 Å². The summed E-state index contributed by atoms with van der Waals surface area (Å²) in [7, 11) is 0. The summed E-state index contributed by atoms with van der Waals surface area (Å²) in [5.74, 6) is 1.92. The van der Waals surface area contributed by atoms with E-state index in [1.54, 1.807) is 24.3 Å². The van der Waals surface area contributed by atoms with Crippen molar-refractivity contribution in [3.63, 3.8) is 0 Å². The second-order valence-electron chi connectivity index (χ2n) is 10.4. The number of benzene rings is 2. The fourth-order valence-corrected chi connectivity index (χ4v) is 5.13. The van der Waals surface area contributed by atoms with E-state index < -0.39 is 11.8 Å². The van der Waals surface area contributed by atoms with E-state index in [0.717, 1.165) is 36.5 Å². The van der Waals surface area contributed by atoms with Crippen LogP contribution in [-0.4, -0.2) is 19.2 Å². The molecule has 0 radical (unpaired) electrons. The van der Waals surface area contributed by atoms with Crippen molar-refractivity contribution >= 4 is 5.97 Å². The Morgan fingerprint density at radius 2 is 1.41 bits per heavy atom. The summed E-state index contributed by atoms with van der Waals surface area (Å²) >= 11 is 0. The van der Waals surface area contributed by atoms with Crippen LogP contribution in [0.25, 0.3) is 0 Å². The second-order valence-corrected chi connectivity index (χ2v) is 10.4. The molecule has 4 nitrogen and oxygen atoms in total. The van der Waals surface area contributed by atoms with Crippen molar-refractivity contribution in [1.82, 2.24) is 0 Å². The van der Waals surface area contributed by atoms with Crippen molar-refractivity contribution in [2.24, 2.45) is 11.8 Å². The van der Waals surface area contributed by atoms with Gasteiger partial charge >= 0.3 is 5.97 Å². The van der Waals surface area contributed by atoms with E-state index in [4.69, 9.17) is 14.2 Å². The van der Waals surface area contributed by atoms with E-state index in [-0.39, 0.29) is 11.3 Å². The summed E-state index contributed by atoms with van der Waals surface area (Å²) in [4.78, 5) is 12.4. The number of carbonyl (C=O) groups excluding carboxylic acids is 1. The van der Waals surface area contributed by atoms with Crippen LogP contribution in [0.15, 0.2) is 42.5 Å². The lowest BCUT2D eigenvalue weighted by molar-refractivity contribution is 0.0734. The zero-order valence-corrected chi connectivity index (χ0v) is 22.8. The minimum atomic E-state index is -0.610. The minimum absolute atomic E-state index is 0.140. The molecule has 204 valence electrons. The molecule has 0 saturated heterocycles. The number of hydrogen-bond donors (Lipinski definition) is 0. The predicted octanol–water partition coefficient (Wildman–Crippen LogP) is 9.16. The third kappa shape index (κ3) is 10.4. The number of rotatable bonds is 16. The second kappa shape index (κ2) is 16.3. The maximum atomic E-state index is 14.1. The van der Waals surface area contributed by atoms with E-state index in [1.165, 1.54) is 82.8 Å². The van der Waals surface area contributed by atoms with E-state index in [9.17, 15) is 9.18 Å². The largest absolute Gasteiger partial charge is 0.494 e. The number of unbranched alkanes of at least 4 members (excludes halogenated alkanes) is 4. The van der Waals surface area contributed by atoms with Gasteiger partial charge in [-0.05, 0) is 73.6 Å². The monoisotopic (exact) mass is 512 g/mol. The summed E-state index contributed by atoms with van der Waals surface area (Å²) in [5, 5.41) is 0. The lowest BCUT2D eigenvalue weighted by Crippen LogP contribution is -2.15. The molecule has 0 bridgehead atoms. The van der Waals surface area contributed by atoms with Crippen molar-refractivity contribution in [2.45, 2.75) is 97.3 Å². The maximum absolute atomic E-state index is 14.1. The van der Waals surface area contributed by atoms with Gasteiger partial charge in [-0.3, -0.25) is 0 Å². The predicted molar refractivity (Wildman–Crippen MR) is 147 cm³/mol. The van der Waals surface area contributed by atoms with Gasteiger partial charge in [0.15, 0.2) is 11.6 Å². The van der Waals surface area contributed by atoms with Crippen LogP contribution in [0.4, 0.5) is 4.39 Å². The Hall–Kier alpha value is -2.56.